The van der Waals surface area contributed by atoms with Crippen LogP contribution in [-0.2, 0) is 0 Å². The molecule has 0 atom stereocenters. The molecule has 2 heterocycles. The van der Waals surface area contributed by atoms with E-state index in [1.807, 2.05) is 23.5 Å². The molecule has 0 saturated carbocycles. The van der Waals surface area contributed by atoms with E-state index in [0.29, 0.717) is 0 Å². The maximum atomic E-state index is 6.19. The zero-order valence-electron chi connectivity index (χ0n) is 26.5. The molecule has 10 aromatic rings. The summed E-state index contributed by atoms with van der Waals surface area (Å²) in [7, 11) is 0. The molecule has 10 rings (SSSR count). The van der Waals surface area contributed by atoms with Gasteiger partial charge < -0.3 is 9.32 Å². The number of anilines is 3. The third kappa shape index (κ3) is 4.62. The molecular weight excluding hydrogens is 615 g/mol. The van der Waals surface area contributed by atoms with Crippen LogP contribution in [0.5, 0.6) is 0 Å². The summed E-state index contributed by atoms with van der Waals surface area (Å²) < 4.78 is 8.85. The maximum Gasteiger partial charge on any atom is 0.136 e. The Bertz CT molecular complexity index is 2810. The second-order valence-corrected chi connectivity index (χ2v) is 13.6. The van der Waals surface area contributed by atoms with E-state index in [-0.39, 0.29) is 0 Å². The largest absolute Gasteiger partial charge is 0.456 e. The van der Waals surface area contributed by atoms with Gasteiger partial charge in [0, 0.05) is 48.0 Å². The van der Waals surface area contributed by atoms with Crippen LogP contribution in [0.1, 0.15) is 0 Å². The van der Waals surface area contributed by atoms with Gasteiger partial charge in [-0.15, -0.1) is 11.3 Å². The third-order valence-electron chi connectivity index (χ3n) is 9.67. The predicted octanol–water partition coefficient (Wildman–Crippen LogP) is 13.9. The molecule has 0 aliphatic carbocycles. The zero-order valence-corrected chi connectivity index (χ0v) is 27.3. The molecule has 0 radical (unpaired) electrons. The minimum atomic E-state index is 0.921. The summed E-state index contributed by atoms with van der Waals surface area (Å²) in [5.41, 5.74) is 10.1. The summed E-state index contributed by atoms with van der Waals surface area (Å²) in [4.78, 5) is 2.33. The van der Waals surface area contributed by atoms with Gasteiger partial charge in [0.25, 0.3) is 0 Å². The summed E-state index contributed by atoms with van der Waals surface area (Å²) in [5.74, 6) is 0. The van der Waals surface area contributed by atoms with Crippen molar-refractivity contribution in [3.63, 3.8) is 0 Å². The highest BCUT2D eigenvalue weighted by Gasteiger charge is 2.16. The third-order valence-corrected chi connectivity index (χ3v) is 10.9. The number of thiophene rings is 1. The number of hydrogen-bond acceptors (Lipinski definition) is 3. The standard InChI is InChI=1S/C46H29NOS/c1-2-11-33(12-3-1)47(35-26-22-31(23-27-35)37-16-9-17-40-39-14-5-7-19-45(39)49-46(37)40)34-24-20-30(21-25-34)36-15-8-10-32-28-44-42(29-41(32)36)38-13-4-6-18-43(38)48-44/h1-29H. The van der Waals surface area contributed by atoms with E-state index in [1.54, 1.807) is 0 Å². The molecule has 2 aromatic heterocycles. The van der Waals surface area contributed by atoms with Gasteiger partial charge in [-0.05, 0) is 93.7 Å². The van der Waals surface area contributed by atoms with E-state index >= 15 is 0 Å². The molecule has 230 valence electrons. The lowest BCUT2D eigenvalue weighted by atomic mass is 9.96. The van der Waals surface area contributed by atoms with Gasteiger partial charge in [0.15, 0.2) is 0 Å². The van der Waals surface area contributed by atoms with Crippen LogP contribution in [-0.4, -0.2) is 0 Å². The molecule has 0 N–H and O–H groups in total. The van der Waals surface area contributed by atoms with Gasteiger partial charge in [-0.2, -0.15) is 0 Å². The van der Waals surface area contributed by atoms with Crippen molar-refractivity contribution in [2.75, 3.05) is 4.90 Å². The van der Waals surface area contributed by atoms with Crippen molar-refractivity contribution in [1.82, 2.24) is 0 Å². The van der Waals surface area contributed by atoms with Gasteiger partial charge in [-0.3, -0.25) is 0 Å². The topological polar surface area (TPSA) is 16.4 Å². The second kappa shape index (κ2) is 11.2. The first-order chi connectivity index (χ1) is 24.3. The summed E-state index contributed by atoms with van der Waals surface area (Å²) >= 11 is 1.87. The number of furan rings is 1. The van der Waals surface area contributed by atoms with Gasteiger partial charge in [0.2, 0.25) is 0 Å². The highest BCUT2D eigenvalue weighted by atomic mass is 32.1. The van der Waals surface area contributed by atoms with Crippen LogP contribution < -0.4 is 4.90 Å². The first-order valence-corrected chi connectivity index (χ1v) is 17.4. The first kappa shape index (κ1) is 27.9. The quantitative estimate of drug-likeness (QED) is 0.186. The minimum Gasteiger partial charge on any atom is -0.456 e. The molecule has 8 aromatic carbocycles. The number of rotatable bonds is 5. The Hall–Kier alpha value is -6.16. The molecule has 3 heteroatoms. The summed E-state index contributed by atoms with van der Waals surface area (Å²) in [6.07, 6.45) is 0. The second-order valence-electron chi connectivity index (χ2n) is 12.5. The fourth-order valence-electron chi connectivity index (χ4n) is 7.33. The molecule has 0 saturated heterocycles. The monoisotopic (exact) mass is 643 g/mol. The molecule has 2 nitrogen and oxygen atoms in total. The Balaban J connectivity index is 1.04. The smallest absolute Gasteiger partial charge is 0.136 e. The normalized spacial score (nSPS) is 11.7. The van der Waals surface area contributed by atoms with Crippen LogP contribution >= 0.6 is 11.3 Å². The highest BCUT2D eigenvalue weighted by Crippen LogP contribution is 2.42. The lowest BCUT2D eigenvalue weighted by molar-refractivity contribution is 0.669. The lowest BCUT2D eigenvalue weighted by Gasteiger charge is -2.26. The first-order valence-electron chi connectivity index (χ1n) is 16.6. The van der Waals surface area contributed by atoms with Crippen molar-refractivity contribution >= 4 is 81.3 Å². The molecule has 49 heavy (non-hydrogen) atoms. The molecule has 0 amide bonds. The van der Waals surface area contributed by atoms with Crippen LogP contribution in [0.3, 0.4) is 0 Å². The van der Waals surface area contributed by atoms with Gasteiger partial charge in [-0.25, -0.2) is 0 Å². The summed E-state index contributed by atoms with van der Waals surface area (Å²) in [6.45, 7) is 0. The van der Waals surface area contributed by atoms with Crippen LogP contribution in [0.25, 0.3) is 75.1 Å². The van der Waals surface area contributed by atoms with Crippen LogP contribution in [0, 0.1) is 0 Å². The molecule has 0 fully saturated rings. The van der Waals surface area contributed by atoms with Crippen LogP contribution in [0.4, 0.5) is 17.1 Å². The summed E-state index contributed by atoms with van der Waals surface area (Å²) in [6, 6.07) is 63.2. The Morgan fingerprint density at radius 2 is 1.00 bits per heavy atom. The number of para-hydroxylation sites is 2. The molecule has 0 unspecified atom stereocenters. The molecule has 0 bridgehead atoms. The van der Waals surface area contributed by atoms with Crippen molar-refractivity contribution < 1.29 is 4.42 Å². The number of hydrogen-bond donors (Lipinski definition) is 0. The van der Waals surface area contributed by atoms with Crippen molar-refractivity contribution in [2.24, 2.45) is 0 Å². The van der Waals surface area contributed by atoms with Crippen molar-refractivity contribution in [3.8, 4) is 22.3 Å². The fraction of sp³-hybridized carbons (Fsp3) is 0. The number of benzene rings is 8. The van der Waals surface area contributed by atoms with E-state index in [1.165, 1.54) is 53.2 Å². The number of fused-ring (bicyclic) bond motifs is 7. The molecule has 0 spiro atoms. The SMILES string of the molecule is c1ccc(N(c2ccc(-c3cccc4cc5oc6ccccc6c5cc34)cc2)c2ccc(-c3cccc4c3sc3ccccc34)cc2)cc1. The van der Waals surface area contributed by atoms with Crippen LogP contribution in [0.15, 0.2) is 180 Å². The van der Waals surface area contributed by atoms with Crippen LogP contribution in [0.2, 0.25) is 0 Å². The van der Waals surface area contributed by atoms with Crippen molar-refractivity contribution in [3.05, 3.63) is 176 Å². The van der Waals surface area contributed by atoms with Crippen molar-refractivity contribution in [2.45, 2.75) is 0 Å². The van der Waals surface area contributed by atoms with Gasteiger partial charge >= 0.3 is 0 Å². The predicted molar refractivity (Wildman–Crippen MR) is 210 cm³/mol. The van der Waals surface area contributed by atoms with Gasteiger partial charge in [0.1, 0.15) is 11.2 Å². The van der Waals surface area contributed by atoms with E-state index in [0.717, 1.165) is 39.0 Å². The lowest BCUT2D eigenvalue weighted by Crippen LogP contribution is -2.09. The highest BCUT2D eigenvalue weighted by molar-refractivity contribution is 7.26. The average molecular weight is 644 g/mol. The minimum absolute atomic E-state index is 0.921. The molecular formula is C46H29NOS. The molecule has 0 aliphatic heterocycles. The Morgan fingerprint density at radius 3 is 1.80 bits per heavy atom. The van der Waals surface area contributed by atoms with E-state index in [9.17, 15) is 0 Å². The number of nitrogens with zero attached hydrogens (tertiary/aromatic N) is 1. The van der Waals surface area contributed by atoms with E-state index in [2.05, 4.69) is 169 Å². The van der Waals surface area contributed by atoms with Crippen molar-refractivity contribution in [1.29, 1.82) is 0 Å². The average Bonchev–Trinajstić information content (AvgIpc) is 3.73. The maximum absolute atomic E-state index is 6.19. The van der Waals surface area contributed by atoms with E-state index < -0.39 is 0 Å². The Morgan fingerprint density at radius 1 is 0.388 bits per heavy atom. The summed E-state index contributed by atoms with van der Waals surface area (Å²) in [5, 5.41) is 7.33. The fourth-order valence-corrected chi connectivity index (χ4v) is 8.56. The Labute approximate surface area is 287 Å². The van der Waals surface area contributed by atoms with Gasteiger partial charge in [-0.1, -0.05) is 115 Å². The van der Waals surface area contributed by atoms with Gasteiger partial charge in [0.05, 0.1) is 0 Å². The Kier molecular flexibility index (Phi) is 6.39. The van der Waals surface area contributed by atoms with E-state index in [4.69, 9.17) is 4.42 Å². The zero-order chi connectivity index (χ0) is 32.3. The molecule has 0 aliphatic rings.